The highest BCUT2D eigenvalue weighted by Crippen LogP contribution is 2.15. The number of carbonyl (C=O) groups excluding carboxylic acids is 2. The maximum absolute atomic E-state index is 11.5. The molecule has 2 N–H and O–H groups in total. The van der Waals surface area contributed by atoms with Crippen LogP contribution in [0.25, 0.3) is 0 Å². The molecule has 0 aliphatic rings. The van der Waals surface area contributed by atoms with E-state index in [0.29, 0.717) is 77.7 Å². The van der Waals surface area contributed by atoms with E-state index >= 15 is 0 Å². The van der Waals surface area contributed by atoms with Gasteiger partial charge in [-0.2, -0.15) is 0 Å². The third-order valence-corrected chi connectivity index (χ3v) is 13.0. The number of nitrogens with zero attached hydrogens (tertiary/aromatic N) is 1. The molecule has 0 aromatic rings. The molecule has 0 radical (unpaired) electrons. The Morgan fingerprint density at radius 2 is 1.00 bits per heavy atom. The average molecular weight is 791 g/mol. The van der Waals surface area contributed by atoms with Crippen molar-refractivity contribution in [3.63, 3.8) is 0 Å². The Bertz CT molecular complexity index is 752. The zero-order valence-corrected chi connectivity index (χ0v) is 35.7. The minimum atomic E-state index is -2.57. The van der Waals surface area contributed by atoms with Crippen LogP contribution >= 0.6 is 0 Å². The molecule has 0 heterocycles. The number of isocyanates is 1. The van der Waals surface area contributed by atoms with Crippen LogP contribution in [0.15, 0.2) is 4.99 Å². The number of aliphatic imine (C=N–C) groups is 1. The summed E-state index contributed by atoms with van der Waals surface area (Å²) in [6, 6.07) is 1.28. The van der Waals surface area contributed by atoms with Gasteiger partial charge in [-0.15, -0.1) is 0 Å². The van der Waals surface area contributed by atoms with Crippen molar-refractivity contribution in [2.24, 2.45) is 4.99 Å². The zero-order valence-electron chi connectivity index (χ0n) is 33.7. The van der Waals surface area contributed by atoms with Gasteiger partial charge in [0.2, 0.25) is 6.08 Å². The first-order valence-corrected chi connectivity index (χ1v) is 22.3. The van der Waals surface area contributed by atoms with Crippen molar-refractivity contribution in [2.75, 3.05) is 122 Å². The molecule has 0 fully saturated rings. The Hall–Kier alpha value is -1.36. The number of carbonyl (C=O) groups is 1. The highest BCUT2D eigenvalue weighted by atomic mass is 28.4. The lowest BCUT2D eigenvalue weighted by Gasteiger charge is -2.24. The average Bonchev–Trinajstić information content (AvgIpc) is 3.17. The number of hydrogen-bond acceptors (Lipinski definition) is 15. The monoisotopic (exact) mass is 790 g/mol. The predicted octanol–water partition coefficient (Wildman–Crippen LogP) is 4.78. The van der Waals surface area contributed by atoms with Crippen LogP contribution in [0.3, 0.4) is 0 Å². The fraction of sp³-hybridized carbons (Fsp3) is 0.941. The maximum Gasteiger partial charge on any atom is 0.500 e. The fourth-order valence-corrected chi connectivity index (χ4v) is 7.67. The van der Waals surface area contributed by atoms with Gasteiger partial charge >= 0.3 is 23.7 Å². The van der Waals surface area contributed by atoms with E-state index in [1.165, 1.54) is 44.6 Å². The summed E-state index contributed by atoms with van der Waals surface area (Å²) >= 11 is 0. The lowest BCUT2D eigenvalue weighted by atomic mass is 10.2. The Morgan fingerprint density at radius 1 is 0.577 bits per heavy atom. The zero-order chi connectivity index (χ0) is 39.4. The van der Waals surface area contributed by atoms with Gasteiger partial charge in [0, 0.05) is 74.5 Å². The van der Waals surface area contributed by atoms with Crippen molar-refractivity contribution in [1.82, 2.24) is 5.32 Å². The third-order valence-electron chi connectivity index (χ3n) is 7.34. The Kier molecular flexibility index (Phi) is 46.6. The van der Waals surface area contributed by atoms with Crippen molar-refractivity contribution >= 4 is 29.8 Å². The molecule has 0 aromatic carbocycles. The van der Waals surface area contributed by atoms with Crippen molar-refractivity contribution < 1.29 is 64.9 Å². The number of unbranched alkanes of at least 4 members (excludes halogenated alkanes) is 6. The standard InChI is InChI=1S/C17H37NO7Si.C10H22O3.C7H15NO4Si/c1-5-6-7-8-11-23-12-13-24-14-15-25-17(19)18-10-9-16-26(20-2,21-3)22-4;1-2-3-4-5-7-12-9-10-13-8-6-11;1-10-13(11-2,12-3)6-4-5-8-7-9/h5-16H2,1-4H3,(H,18,19);11H,2-10H2,1H3;4-6H2,1-3H3. The van der Waals surface area contributed by atoms with E-state index in [1.807, 2.05) is 0 Å². The number of ether oxygens (including phenoxy) is 5. The number of amides is 1. The first-order chi connectivity index (χ1) is 25.3. The molecule has 16 nitrogen and oxygen atoms in total. The topological polar surface area (TPSA) is 180 Å². The van der Waals surface area contributed by atoms with E-state index in [-0.39, 0.29) is 13.2 Å². The summed E-state index contributed by atoms with van der Waals surface area (Å²) in [6.45, 7) is 10.3. The Balaban J connectivity index is -0.000000773. The van der Waals surface area contributed by atoms with Gasteiger partial charge in [0.25, 0.3) is 0 Å². The van der Waals surface area contributed by atoms with Crippen LogP contribution in [0.2, 0.25) is 12.1 Å². The highest BCUT2D eigenvalue weighted by Gasteiger charge is 2.37. The SMILES string of the molecule is CCCCCCOCCOCCO.CCCCCCOCCOCCOC(=O)NCCC[Si](OC)(OC)OC.CO[Si](CCCN=C=O)(OC)OC. The van der Waals surface area contributed by atoms with Crippen molar-refractivity contribution in [3.05, 3.63) is 0 Å². The van der Waals surface area contributed by atoms with Crippen molar-refractivity contribution in [1.29, 1.82) is 0 Å². The van der Waals surface area contributed by atoms with Crippen LogP contribution in [0.1, 0.15) is 78.1 Å². The fourth-order valence-electron chi connectivity index (χ4n) is 4.24. The van der Waals surface area contributed by atoms with E-state index in [4.69, 9.17) is 55.3 Å². The van der Waals surface area contributed by atoms with Crippen LogP contribution in [-0.2, 0) is 55.0 Å². The molecule has 0 spiro atoms. The molecule has 0 saturated heterocycles. The Labute approximate surface area is 316 Å². The summed E-state index contributed by atoms with van der Waals surface area (Å²) in [5, 5.41) is 11.1. The smallest absolute Gasteiger partial charge is 0.447 e. The summed E-state index contributed by atoms with van der Waals surface area (Å²) in [6.07, 6.45) is 12.2. The number of nitrogens with one attached hydrogen (secondary N) is 1. The van der Waals surface area contributed by atoms with E-state index in [9.17, 15) is 9.59 Å². The normalized spacial score (nSPS) is 11.2. The second-order valence-electron chi connectivity index (χ2n) is 11.1. The molecule has 0 bridgehead atoms. The Morgan fingerprint density at radius 3 is 1.42 bits per heavy atom. The third kappa shape index (κ3) is 37.0. The summed E-state index contributed by atoms with van der Waals surface area (Å²) < 4.78 is 57.6. The van der Waals surface area contributed by atoms with Gasteiger partial charge in [-0.3, -0.25) is 0 Å². The second kappa shape index (κ2) is 44.0. The van der Waals surface area contributed by atoms with E-state index in [1.54, 1.807) is 42.7 Å². The van der Waals surface area contributed by atoms with Gasteiger partial charge in [0.05, 0.1) is 52.8 Å². The largest absolute Gasteiger partial charge is 0.500 e. The summed E-state index contributed by atoms with van der Waals surface area (Å²) in [5.41, 5.74) is 0. The van der Waals surface area contributed by atoms with Gasteiger partial charge in [0.1, 0.15) is 6.61 Å². The summed E-state index contributed by atoms with van der Waals surface area (Å²) in [7, 11) is 4.35. The molecule has 0 unspecified atom stereocenters. The van der Waals surface area contributed by atoms with E-state index in [0.717, 1.165) is 26.1 Å². The predicted molar refractivity (Wildman–Crippen MR) is 203 cm³/mol. The lowest BCUT2D eigenvalue weighted by molar-refractivity contribution is 0.0272. The molecule has 18 heteroatoms. The van der Waals surface area contributed by atoms with Gasteiger partial charge < -0.3 is 60.7 Å². The van der Waals surface area contributed by atoms with Gasteiger partial charge in [0.15, 0.2) is 0 Å². The minimum Gasteiger partial charge on any atom is -0.447 e. The first kappa shape index (κ1) is 55.0. The van der Waals surface area contributed by atoms with Crippen molar-refractivity contribution in [3.8, 4) is 0 Å². The van der Waals surface area contributed by atoms with Crippen LogP contribution in [0.4, 0.5) is 4.79 Å². The van der Waals surface area contributed by atoms with Crippen molar-refractivity contribution in [2.45, 2.75) is 90.1 Å². The molecule has 0 aliphatic heterocycles. The van der Waals surface area contributed by atoms with Crippen LogP contribution < -0.4 is 5.32 Å². The quantitative estimate of drug-likeness (QED) is 0.0388. The second-order valence-corrected chi connectivity index (χ2v) is 17.3. The number of aliphatic hydroxyl groups is 1. The van der Waals surface area contributed by atoms with Gasteiger partial charge in [-0.25, -0.2) is 14.6 Å². The van der Waals surface area contributed by atoms with Gasteiger partial charge in [-0.1, -0.05) is 52.4 Å². The molecular formula is C34H74N2O14Si2. The molecule has 0 atom stereocenters. The van der Waals surface area contributed by atoms with E-state index < -0.39 is 23.7 Å². The molecular weight excluding hydrogens is 717 g/mol. The van der Waals surface area contributed by atoms with E-state index in [2.05, 4.69) is 24.2 Å². The molecule has 1 amide bonds. The molecule has 52 heavy (non-hydrogen) atoms. The molecule has 0 aliphatic carbocycles. The number of aliphatic hydroxyl groups excluding tert-OH is 1. The molecule has 0 saturated carbocycles. The molecule has 0 rings (SSSR count). The molecule has 0 aromatic heterocycles. The number of rotatable bonds is 35. The summed E-state index contributed by atoms with van der Waals surface area (Å²) in [5.74, 6) is 0. The minimum absolute atomic E-state index is 0.0938. The van der Waals surface area contributed by atoms with Crippen LogP contribution in [0, 0.1) is 0 Å². The first-order valence-electron chi connectivity index (χ1n) is 18.5. The lowest BCUT2D eigenvalue weighted by Crippen LogP contribution is -2.43. The van der Waals surface area contributed by atoms with Crippen LogP contribution in [0.5, 0.6) is 0 Å². The number of hydrogen-bond donors (Lipinski definition) is 2. The van der Waals surface area contributed by atoms with Crippen LogP contribution in [-0.4, -0.2) is 157 Å². The van der Waals surface area contributed by atoms with Gasteiger partial charge in [-0.05, 0) is 25.7 Å². The summed E-state index contributed by atoms with van der Waals surface area (Å²) in [4.78, 5) is 24.7. The number of alkyl carbamates (subject to hydrolysis) is 1. The maximum atomic E-state index is 11.5. The molecule has 312 valence electrons. The highest BCUT2D eigenvalue weighted by molar-refractivity contribution is 6.60.